The maximum atomic E-state index is 12.1. The largest absolute Gasteiger partial charge is 0.450 e. The van der Waals surface area contributed by atoms with Crippen molar-refractivity contribution in [2.45, 2.75) is 32.9 Å². The first-order valence-corrected chi connectivity index (χ1v) is 8.74. The van der Waals surface area contributed by atoms with E-state index in [1.165, 1.54) is 0 Å². The third-order valence-corrected chi connectivity index (χ3v) is 4.02. The number of anilines is 2. The van der Waals surface area contributed by atoms with Gasteiger partial charge >= 0.3 is 6.09 Å². The molecule has 1 aromatic heterocycles. The molecule has 0 saturated heterocycles. The molecule has 0 aliphatic carbocycles. The Kier molecular flexibility index (Phi) is 5.85. The van der Waals surface area contributed by atoms with Gasteiger partial charge < -0.3 is 15.4 Å². The van der Waals surface area contributed by atoms with Gasteiger partial charge in [-0.1, -0.05) is 0 Å². The third-order valence-electron chi connectivity index (χ3n) is 4.02. The highest BCUT2D eigenvalue weighted by molar-refractivity contribution is 5.91. The Morgan fingerprint density at radius 2 is 1.96 bits per heavy atom. The van der Waals surface area contributed by atoms with E-state index in [0.717, 1.165) is 31.0 Å². The lowest BCUT2D eigenvalue weighted by molar-refractivity contribution is -0.116. The molecule has 0 bridgehead atoms. The van der Waals surface area contributed by atoms with Gasteiger partial charge in [0.05, 0.1) is 24.5 Å². The minimum Gasteiger partial charge on any atom is -0.450 e. The van der Waals surface area contributed by atoms with Crippen molar-refractivity contribution in [1.82, 2.24) is 15.1 Å². The maximum Gasteiger partial charge on any atom is 0.411 e. The van der Waals surface area contributed by atoms with Gasteiger partial charge in [-0.15, -0.1) is 0 Å². The zero-order valence-electron chi connectivity index (χ0n) is 14.7. The van der Waals surface area contributed by atoms with Crippen LogP contribution >= 0.6 is 0 Å². The van der Waals surface area contributed by atoms with E-state index in [-0.39, 0.29) is 5.91 Å². The molecule has 2 aromatic rings. The molecule has 2 heterocycles. The number of aryl methyl sites for hydroxylation is 1. The molecule has 0 spiro atoms. The second-order valence-electron chi connectivity index (χ2n) is 6.00. The van der Waals surface area contributed by atoms with Crippen LogP contribution in [0.25, 0.3) is 0 Å². The molecule has 8 nitrogen and oxygen atoms in total. The number of carbonyl (C=O) groups excluding carboxylic acids is 2. The van der Waals surface area contributed by atoms with E-state index in [2.05, 4.69) is 27.1 Å². The van der Waals surface area contributed by atoms with E-state index < -0.39 is 6.09 Å². The van der Waals surface area contributed by atoms with Crippen molar-refractivity contribution in [3.63, 3.8) is 0 Å². The summed E-state index contributed by atoms with van der Waals surface area (Å²) in [5.41, 5.74) is 3.39. The van der Waals surface area contributed by atoms with Crippen molar-refractivity contribution in [3.8, 4) is 0 Å². The van der Waals surface area contributed by atoms with E-state index in [9.17, 15) is 9.59 Å². The molecule has 0 fully saturated rings. The zero-order valence-corrected chi connectivity index (χ0v) is 14.7. The summed E-state index contributed by atoms with van der Waals surface area (Å²) in [7, 11) is 0. The quantitative estimate of drug-likeness (QED) is 0.736. The number of nitrogens with one attached hydrogen (secondary N) is 3. The first kappa shape index (κ1) is 17.9. The second-order valence-corrected chi connectivity index (χ2v) is 6.00. The topological polar surface area (TPSA) is 97.3 Å². The number of benzene rings is 1. The Labute approximate surface area is 151 Å². The predicted molar refractivity (Wildman–Crippen MR) is 98.0 cm³/mol. The smallest absolute Gasteiger partial charge is 0.411 e. The molecular formula is C18H23N5O3. The first-order valence-electron chi connectivity index (χ1n) is 8.74. The fourth-order valence-corrected chi connectivity index (χ4v) is 2.76. The standard InChI is InChI=1S/C18H23N5O3/c1-2-26-18(25)21-14-5-3-13(4-6-14)20-17(24)8-7-15-11-16-12-19-9-10-23(16)22-15/h3-6,11,19H,2,7-10,12H2,1H3,(H,20,24)(H,21,25). The average Bonchev–Trinajstić information content (AvgIpc) is 3.05. The minimum absolute atomic E-state index is 0.0693. The van der Waals surface area contributed by atoms with Gasteiger partial charge in [-0.2, -0.15) is 5.10 Å². The van der Waals surface area contributed by atoms with E-state index in [4.69, 9.17) is 4.74 Å². The van der Waals surface area contributed by atoms with E-state index in [0.29, 0.717) is 30.8 Å². The number of hydrogen-bond donors (Lipinski definition) is 3. The molecule has 1 aliphatic heterocycles. The molecule has 0 radical (unpaired) electrons. The highest BCUT2D eigenvalue weighted by Gasteiger charge is 2.12. The molecule has 1 aliphatic rings. The summed E-state index contributed by atoms with van der Waals surface area (Å²) >= 11 is 0. The Morgan fingerprint density at radius 1 is 1.23 bits per heavy atom. The van der Waals surface area contributed by atoms with Gasteiger partial charge in [0.1, 0.15) is 0 Å². The van der Waals surface area contributed by atoms with Crippen LogP contribution in [-0.4, -0.2) is 34.9 Å². The minimum atomic E-state index is -0.498. The van der Waals surface area contributed by atoms with Gasteiger partial charge in [0.15, 0.2) is 0 Å². The molecule has 3 rings (SSSR count). The van der Waals surface area contributed by atoms with Gasteiger partial charge in [-0.05, 0) is 37.3 Å². The lowest BCUT2D eigenvalue weighted by atomic mass is 10.2. The molecule has 138 valence electrons. The average molecular weight is 357 g/mol. The van der Waals surface area contributed by atoms with Gasteiger partial charge in [0, 0.05) is 37.3 Å². The van der Waals surface area contributed by atoms with Crippen molar-refractivity contribution in [2.24, 2.45) is 0 Å². The monoisotopic (exact) mass is 357 g/mol. The number of carbonyl (C=O) groups is 2. The number of amides is 2. The predicted octanol–water partition coefficient (Wildman–Crippen LogP) is 2.13. The normalized spacial score (nSPS) is 13.0. The van der Waals surface area contributed by atoms with Crippen LogP contribution in [0.15, 0.2) is 30.3 Å². The first-order chi connectivity index (χ1) is 12.6. The number of nitrogens with zero attached hydrogens (tertiary/aromatic N) is 2. The number of aromatic nitrogens is 2. The molecule has 0 unspecified atom stereocenters. The van der Waals surface area contributed by atoms with Crippen molar-refractivity contribution < 1.29 is 14.3 Å². The van der Waals surface area contributed by atoms with Gasteiger partial charge in [0.25, 0.3) is 0 Å². The summed E-state index contributed by atoms with van der Waals surface area (Å²) in [5.74, 6) is -0.0693. The Morgan fingerprint density at radius 3 is 2.65 bits per heavy atom. The Hall–Kier alpha value is -2.87. The van der Waals surface area contributed by atoms with Crippen LogP contribution in [0.1, 0.15) is 24.7 Å². The van der Waals surface area contributed by atoms with Crippen LogP contribution in [0.3, 0.4) is 0 Å². The molecule has 26 heavy (non-hydrogen) atoms. The van der Waals surface area contributed by atoms with E-state index >= 15 is 0 Å². The van der Waals surface area contributed by atoms with Crippen LogP contribution in [0.4, 0.5) is 16.2 Å². The van der Waals surface area contributed by atoms with Crippen LogP contribution in [0.2, 0.25) is 0 Å². The number of hydrogen-bond acceptors (Lipinski definition) is 5. The Balaban J connectivity index is 1.47. The van der Waals surface area contributed by atoms with Crippen molar-refractivity contribution >= 4 is 23.4 Å². The molecule has 1 aromatic carbocycles. The third kappa shape index (κ3) is 4.82. The van der Waals surface area contributed by atoms with Crippen LogP contribution in [0.5, 0.6) is 0 Å². The van der Waals surface area contributed by atoms with Crippen molar-refractivity contribution in [2.75, 3.05) is 23.8 Å². The van der Waals surface area contributed by atoms with Crippen LogP contribution < -0.4 is 16.0 Å². The number of rotatable bonds is 6. The van der Waals surface area contributed by atoms with Gasteiger partial charge in [0.2, 0.25) is 5.91 Å². The lowest BCUT2D eigenvalue weighted by Gasteiger charge is -2.13. The number of ether oxygens (including phenoxy) is 1. The molecule has 0 saturated carbocycles. The molecule has 8 heteroatoms. The Bertz CT molecular complexity index is 746. The lowest BCUT2D eigenvalue weighted by Crippen LogP contribution is -2.28. The molecule has 2 amide bonds. The van der Waals surface area contributed by atoms with Crippen molar-refractivity contribution in [3.05, 3.63) is 41.7 Å². The zero-order chi connectivity index (χ0) is 18.4. The number of fused-ring (bicyclic) bond motifs is 1. The molecule has 3 N–H and O–H groups in total. The SMILES string of the molecule is CCOC(=O)Nc1ccc(NC(=O)CCc2cc3n(n2)CCNC3)cc1. The van der Waals surface area contributed by atoms with Crippen molar-refractivity contribution in [1.29, 1.82) is 0 Å². The summed E-state index contributed by atoms with van der Waals surface area (Å²) in [5, 5.41) is 13.3. The van der Waals surface area contributed by atoms with Crippen LogP contribution in [-0.2, 0) is 29.0 Å². The summed E-state index contributed by atoms with van der Waals surface area (Å²) in [6.45, 7) is 4.68. The summed E-state index contributed by atoms with van der Waals surface area (Å²) in [6, 6.07) is 8.95. The highest BCUT2D eigenvalue weighted by atomic mass is 16.5. The van der Waals surface area contributed by atoms with Gasteiger partial charge in [-0.25, -0.2) is 4.79 Å². The molecule has 0 atom stereocenters. The fraction of sp³-hybridized carbons (Fsp3) is 0.389. The fourth-order valence-electron chi connectivity index (χ4n) is 2.76. The highest BCUT2D eigenvalue weighted by Crippen LogP contribution is 2.15. The summed E-state index contributed by atoms with van der Waals surface area (Å²) in [4.78, 5) is 23.5. The van der Waals surface area contributed by atoms with E-state index in [1.54, 1.807) is 31.2 Å². The second kappa shape index (κ2) is 8.48. The van der Waals surface area contributed by atoms with Crippen LogP contribution in [0, 0.1) is 0 Å². The maximum absolute atomic E-state index is 12.1. The van der Waals surface area contributed by atoms with Gasteiger partial charge in [-0.3, -0.25) is 14.8 Å². The summed E-state index contributed by atoms with van der Waals surface area (Å²) in [6.07, 6.45) is 0.475. The molecular weight excluding hydrogens is 334 g/mol. The van der Waals surface area contributed by atoms with E-state index in [1.807, 2.05) is 4.68 Å². The summed E-state index contributed by atoms with van der Waals surface area (Å²) < 4.78 is 6.81.